The van der Waals surface area contributed by atoms with Gasteiger partial charge in [-0.15, -0.1) is 0 Å². The second-order valence-electron chi connectivity index (χ2n) is 4.79. The van der Waals surface area contributed by atoms with Gasteiger partial charge in [-0.3, -0.25) is 14.9 Å². The molecule has 2 aromatic heterocycles. The molecule has 1 N–H and O–H groups in total. The van der Waals surface area contributed by atoms with Crippen LogP contribution in [-0.2, 0) is 7.05 Å². The minimum atomic E-state index is -0.400. The number of halogens is 1. The lowest BCUT2D eigenvalue weighted by molar-refractivity contribution is 0.102. The van der Waals surface area contributed by atoms with Crippen LogP contribution in [0.4, 0.5) is 5.13 Å². The number of ether oxygens (including phenoxy) is 1. The molecule has 8 heteroatoms. The molecule has 2 heterocycles. The lowest BCUT2D eigenvalue weighted by Gasteiger charge is -2.09. The predicted molar refractivity (Wildman–Crippen MR) is 90.8 cm³/mol. The van der Waals surface area contributed by atoms with Crippen molar-refractivity contribution < 1.29 is 9.53 Å². The molecule has 0 radical (unpaired) electrons. The van der Waals surface area contributed by atoms with Crippen LogP contribution in [0.15, 0.2) is 35.3 Å². The highest BCUT2D eigenvalue weighted by Gasteiger charge is 2.16. The molecule has 1 amide bonds. The van der Waals surface area contributed by atoms with Gasteiger partial charge in [0.25, 0.3) is 11.5 Å². The van der Waals surface area contributed by atoms with Crippen LogP contribution in [0, 0.1) is 0 Å². The molecule has 0 aliphatic rings. The van der Waals surface area contributed by atoms with E-state index in [1.54, 1.807) is 19.2 Å². The number of nitrogens with one attached hydrogen (secondary N) is 1. The van der Waals surface area contributed by atoms with Crippen molar-refractivity contribution in [3.05, 3.63) is 51.4 Å². The van der Waals surface area contributed by atoms with Gasteiger partial charge in [-0.25, -0.2) is 4.98 Å². The van der Waals surface area contributed by atoms with E-state index < -0.39 is 5.91 Å². The second-order valence-corrected chi connectivity index (χ2v) is 6.26. The maximum atomic E-state index is 12.4. The number of carbonyl (C=O) groups excluding carboxylic acids is 1. The number of nitrogens with zero attached hydrogens (tertiary/aromatic N) is 2. The van der Waals surface area contributed by atoms with Crippen molar-refractivity contribution in [3.8, 4) is 5.75 Å². The number of rotatable bonds is 3. The molecule has 0 aliphatic carbocycles. The molecule has 0 saturated heterocycles. The van der Waals surface area contributed by atoms with Crippen molar-refractivity contribution in [1.82, 2.24) is 9.55 Å². The summed E-state index contributed by atoms with van der Waals surface area (Å²) in [5, 5.41) is 3.75. The summed E-state index contributed by atoms with van der Waals surface area (Å²) in [7, 11) is 2.98. The Balaban J connectivity index is 1.94. The second kappa shape index (κ2) is 6.02. The Kier molecular flexibility index (Phi) is 4.06. The van der Waals surface area contributed by atoms with Gasteiger partial charge in [0, 0.05) is 24.3 Å². The van der Waals surface area contributed by atoms with Gasteiger partial charge < -0.3 is 9.30 Å². The molecule has 1 aromatic carbocycles. The van der Waals surface area contributed by atoms with Crippen LogP contribution in [-0.4, -0.2) is 22.6 Å². The fourth-order valence-corrected chi connectivity index (χ4v) is 3.08. The van der Waals surface area contributed by atoms with E-state index in [2.05, 4.69) is 10.3 Å². The fraction of sp³-hybridized carbons (Fsp3) is 0.133. The zero-order valence-corrected chi connectivity index (χ0v) is 13.9. The molecule has 118 valence electrons. The van der Waals surface area contributed by atoms with E-state index in [1.165, 1.54) is 35.3 Å². The minimum Gasteiger partial charge on any atom is -0.496 e. The Morgan fingerprint density at radius 2 is 2.17 bits per heavy atom. The summed E-state index contributed by atoms with van der Waals surface area (Å²) < 4.78 is 7.34. The number of hydrogen-bond donors (Lipinski definition) is 1. The molecule has 0 fully saturated rings. The van der Waals surface area contributed by atoms with E-state index in [-0.39, 0.29) is 16.9 Å². The smallest absolute Gasteiger partial charge is 0.262 e. The van der Waals surface area contributed by atoms with Crippen molar-refractivity contribution in [3.63, 3.8) is 0 Å². The summed E-state index contributed by atoms with van der Waals surface area (Å²) in [5.74, 6) is -0.183. The summed E-state index contributed by atoms with van der Waals surface area (Å²) >= 11 is 7.27. The Morgan fingerprint density at radius 1 is 1.39 bits per heavy atom. The molecule has 0 aliphatic heterocycles. The van der Waals surface area contributed by atoms with Crippen LogP contribution in [0.1, 0.15) is 10.4 Å². The summed E-state index contributed by atoms with van der Waals surface area (Å²) in [6.07, 6.45) is 1.43. The molecule has 0 bridgehead atoms. The monoisotopic (exact) mass is 349 g/mol. The molecule has 0 unspecified atom stereocenters. The summed E-state index contributed by atoms with van der Waals surface area (Å²) in [5.41, 5.74) is 0.713. The number of methoxy groups -OCH3 is 1. The number of aryl methyl sites for hydroxylation is 1. The fourth-order valence-electron chi connectivity index (χ4n) is 2.07. The first kappa shape index (κ1) is 15.5. The van der Waals surface area contributed by atoms with Crippen LogP contribution >= 0.6 is 22.9 Å². The Bertz CT molecular complexity index is 964. The van der Waals surface area contributed by atoms with Crippen molar-refractivity contribution in [2.45, 2.75) is 0 Å². The third-order valence-corrected chi connectivity index (χ3v) is 4.41. The van der Waals surface area contributed by atoms with Gasteiger partial charge in [-0.1, -0.05) is 22.9 Å². The summed E-state index contributed by atoms with van der Waals surface area (Å²) in [6.45, 7) is 0. The van der Waals surface area contributed by atoms with Crippen LogP contribution < -0.4 is 15.6 Å². The first-order chi connectivity index (χ1) is 11.0. The third-order valence-electron chi connectivity index (χ3n) is 3.23. The number of carbonyl (C=O) groups is 1. The predicted octanol–water partition coefficient (Wildman–Crippen LogP) is 2.91. The number of fused-ring (bicyclic) bond motifs is 1. The van der Waals surface area contributed by atoms with E-state index in [9.17, 15) is 9.59 Å². The summed E-state index contributed by atoms with van der Waals surface area (Å²) in [4.78, 5) is 28.4. The highest BCUT2D eigenvalue weighted by Crippen LogP contribution is 2.28. The van der Waals surface area contributed by atoms with E-state index in [0.29, 0.717) is 15.7 Å². The molecule has 0 saturated carbocycles. The average molecular weight is 350 g/mol. The van der Waals surface area contributed by atoms with Crippen LogP contribution in [0.2, 0.25) is 5.02 Å². The number of amides is 1. The van der Waals surface area contributed by atoms with E-state index in [4.69, 9.17) is 16.3 Å². The van der Waals surface area contributed by atoms with Gasteiger partial charge in [-0.05, 0) is 18.2 Å². The molecular weight excluding hydrogens is 338 g/mol. The molecular formula is C15H12ClN3O3S. The zero-order valence-electron chi connectivity index (χ0n) is 12.3. The molecule has 0 atom stereocenters. The average Bonchev–Trinajstić information content (AvgIpc) is 2.90. The van der Waals surface area contributed by atoms with Crippen molar-refractivity contribution >= 4 is 44.2 Å². The van der Waals surface area contributed by atoms with E-state index >= 15 is 0 Å². The Hall–Kier alpha value is -2.38. The molecule has 3 rings (SSSR count). The molecule has 23 heavy (non-hydrogen) atoms. The highest BCUT2D eigenvalue weighted by atomic mass is 35.5. The van der Waals surface area contributed by atoms with Crippen LogP contribution in [0.25, 0.3) is 10.2 Å². The molecule has 0 spiro atoms. The minimum absolute atomic E-state index is 0.217. The molecule has 6 nitrogen and oxygen atoms in total. The maximum absolute atomic E-state index is 12.4. The van der Waals surface area contributed by atoms with Crippen molar-refractivity contribution in [2.24, 2.45) is 7.05 Å². The first-order valence-corrected chi connectivity index (χ1v) is 7.79. The number of benzene rings is 1. The number of pyridine rings is 1. The lowest BCUT2D eigenvalue weighted by atomic mass is 10.2. The van der Waals surface area contributed by atoms with Gasteiger partial charge in [0.15, 0.2) is 5.13 Å². The van der Waals surface area contributed by atoms with Crippen molar-refractivity contribution in [2.75, 3.05) is 12.4 Å². The topological polar surface area (TPSA) is 73.2 Å². The number of aromatic nitrogens is 2. The Labute approximate surface area is 140 Å². The van der Waals surface area contributed by atoms with Gasteiger partial charge in [-0.2, -0.15) is 0 Å². The Morgan fingerprint density at radius 3 is 2.91 bits per heavy atom. The number of hydrogen-bond acceptors (Lipinski definition) is 5. The van der Waals surface area contributed by atoms with Crippen LogP contribution in [0.3, 0.4) is 0 Å². The van der Waals surface area contributed by atoms with E-state index in [0.717, 1.165) is 4.70 Å². The van der Waals surface area contributed by atoms with Gasteiger partial charge in [0.2, 0.25) is 0 Å². The normalized spacial score (nSPS) is 10.7. The van der Waals surface area contributed by atoms with Gasteiger partial charge >= 0.3 is 0 Å². The number of thiazole rings is 1. The zero-order chi connectivity index (χ0) is 16.6. The van der Waals surface area contributed by atoms with E-state index in [1.807, 2.05) is 6.07 Å². The number of anilines is 1. The van der Waals surface area contributed by atoms with Gasteiger partial charge in [0.1, 0.15) is 5.75 Å². The highest BCUT2D eigenvalue weighted by molar-refractivity contribution is 7.22. The van der Waals surface area contributed by atoms with Crippen molar-refractivity contribution in [1.29, 1.82) is 0 Å². The van der Waals surface area contributed by atoms with Gasteiger partial charge in [0.05, 0.1) is 22.9 Å². The third kappa shape index (κ3) is 3.06. The first-order valence-electron chi connectivity index (χ1n) is 6.60. The summed E-state index contributed by atoms with van der Waals surface area (Å²) in [6, 6.07) is 6.62. The standard InChI is InChI=1S/C15H12ClN3O3S/c1-19-7-9(11(22-2)6-13(19)20)14(21)18-15-17-10-5-8(16)3-4-12(10)23-15/h3-7H,1-2H3,(H,17,18,21). The SMILES string of the molecule is COc1cc(=O)n(C)cc1C(=O)Nc1nc2cc(Cl)ccc2s1. The largest absolute Gasteiger partial charge is 0.496 e. The lowest BCUT2D eigenvalue weighted by Crippen LogP contribution is -2.21. The molecule has 3 aromatic rings. The van der Waals surface area contributed by atoms with Crippen LogP contribution in [0.5, 0.6) is 5.75 Å². The maximum Gasteiger partial charge on any atom is 0.262 e. The quantitative estimate of drug-likeness (QED) is 0.789.